The van der Waals surface area contributed by atoms with E-state index in [0.717, 1.165) is 6.42 Å². The van der Waals surface area contributed by atoms with Gasteiger partial charge in [-0.25, -0.2) is 0 Å². The zero-order valence-electron chi connectivity index (χ0n) is 13.1. The van der Waals surface area contributed by atoms with Crippen molar-refractivity contribution < 1.29 is 14.8 Å². The van der Waals surface area contributed by atoms with E-state index >= 15 is 0 Å². The van der Waals surface area contributed by atoms with Gasteiger partial charge in [-0.1, -0.05) is 30.3 Å². The SMILES string of the molecule is O=C(c1ccccc1)c1ccc(N2CCCC(O)C2)c([N+](=O)[O-])c1. The average molecular weight is 326 g/mol. The third-order valence-corrected chi connectivity index (χ3v) is 4.21. The molecule has 1 N–H and O–H groups in total. The van der Waals surface area contributed by atoms with E-state index in [4.69, 9.17) is 0 Å². The van der Waals surface area contributed by atoms with Gasteiger partial charge in [-0.05, 0) is 25.0 Å². The maximum Gasteiger partial charge on any atom is 0.293 e. The van der Waals surface area contributed by atoms with E-state index in [1.54, 1.807) is 36.4 Å². The van der Waals surface area contributed by atoms with E-state index in [-0.39, 0.29) is 17.0 Å². The van der Waals surface area contributed by atoms with Crippen molar-refractivity contribution in [1.82, 2.24) is 0 Å². The van der Waals surface area contributed by atoms with E-state index in [9.17, 15) is 20.0 Å². The highest BCUT2D eigenvalue weighted by Crippen LogP contribution is 2.32. The Bertz CT molecular complexity index is 761. The minimum Gasteiger partial charge on any atom is -0.391 e. The molecule has 6 nitrogen and oxygen atoms in total. The van der Waals surface area contributed by atoms with Crippen molar-refractivity contribution in [3.63, 3.8) is 0 Å². The Morgan fingerprint density at radius 1 is 1.17 bits per heavy atom. The zero-order valence-corrected chi connectivity index (χ0v) is 13.1. The Labute approximate surface area is 139 Å². The summed E-state index contributed by atoms with van der Waals surface area (Å²) in [7, 11) is 0. The molecule has 24 heavy (non-hydrogen) atoms. The van der Waals surface area contributed by atoms with Gasteiger partial charge in [0.2, 0.25) is 0 Å². The van der Waals surface area contributed by atoms with Gasteiger partial charge in [0.05, 0.1) is 11.0 Å². The Morgan fingerprint density at radius 2 is 1.92 bits per heavy atom. The fourth-order valence-corrected chi connectivity index (χ4v) is 3.01. The Hall–Kier alpha value is -2.73. The molecule has 3 rings (SSSR count). The van der Waals surface area contributed by atoms with Gasteiger partial charge in [-0.2, -0.15) is 0 Å². The number of β-amino-alcohol motifs (C(OH)–C–C–N with tert-alkyl or cyclic N) is 1. The van der Waals surface area contributed by atoms with Gasteiger partial charge >= 0.3 is 0 Å². The van der Waals surface area contributed by atoms with Gasteiger partial charge < -0.3 is 10.0 Å². The summed E-state index contributed by atoms with van der Waals surface area (Å²) >= 11 is 0. The molecule has 0 aliphatic carbocycles. The van der Waals surface area contributed by atoms with Crippen molar-refractivity contribution in [1.29, 1.82) is 0 Å². The number of nitro benzene ring substituents is 1. The number of hydrogen-bond donors (Lipinski definition) is 1. The quantitative estimate of drug-likeness (QED) is 0.530. The van der Waals surface area contributed by atoms with Crippen LogP contribution in [-0.4, -0.2) is 35.0 Å². The molecule has 124 valence electrons. The molecule has 1 saturated heterocycles. The van der Waals surface area contributed by atoms with Gasteiger partial charge in [0.15, 0.2) is 5.78 Å². The normalized spacial score (nSPS) is 17.5. The highest BCUT2D eigenvalue weighted by atomic mass is 16.6. The number of ketones is 1. The van der Waals surface area contributed by atoms with Crippen LogP contribution in [0.15, 0.2) is 48.5 Å². The molecule has 0 saturated carbocycles. The van der Waals surface area contributed by atoms with Crippen LogP contribution in [0, 0.1) is 10.1 Å². The van der Waals surface area contributed by atoms with Crippen molar-refractivity contribution in [3.05, 3.63) is 69.8 Å². The lowest BCUT2D eigenvalue weighted by molar-refractivity contribution is -0.384. The minimum absolute atomic E-state index is 0.106. The van der Waals surface area contributed by atoms with E-state index in [1.807, 2.05) is 11.0 Å². The molecule has 0 amide bonds. The molecule has 1 aliphatic rings. The number of hydrogen-bond acceptors (Lipinski definition) is 5. The number of carbonyl (C=O) groups excluding carboxylic acids is 1. The first-order valence-corrected chi connectivity index (χ1v) is 7.87. The molecule has 1 atom stereocenters. The number of carbonyl (C=O) groups is 1. The number of benzene rings is 2. The van der Waals surface area contributed by atoms with Crippen LogP contribution in [0.4, 0.5) is 11.4 Å². The standard InChI is InChI=1S/C18H18N2O4/c21-15-7-4-10-19(12-15)16-9-8-14(11-17(16)20(23)24)18(22)13-5-2-1-3-6-13/h1-3,5-6,8-9,11,15,21H,4,7,10,12H2. The number of aliphatic hydroxyl groups excluding tert-OH is 1. The van der Waals surface area contributed by atoms with Gasteiger partial charge in [0.25, 0.3) is 5.69 Å². The fraction of sp³-hybridized carbons (Fsp3) is 0.278. The maximum atomic E-state index is 12.5. The largest absolute Gasteiger partial charge is 0.391 e. The summed E-state index contributed by atoms with van der Waals surface area (Å²) < 4.78 is 0. The Kier molecular flexibility index (Phi) is 4.57. The molecule has 0 bridgehead atoms. The van der Waals surface area contributed by atoms with Crippen LogP contribution in [0.1, 0.15) is 28.8 Å². The molecule has 1 fully saturated rings. The van der Waals surface area contributed by atoms with Crippen LogP contribution in [0.2, 0.25) is 0 Å². The molecule has 0 radical (unpaired) electrons. The van der Waals surface area contributed by atoms with Crippen LogP contribution in [0.3, 0.4) is 0 Å². The number of nitrogens with zero attached hydrogens (tertiary/aromatic N) is 2. The highest BCUT2D eigenvalue weighted by molar-refractivity contribution is 6.09. The molecule has 1 aliphatic heterocycles. The van der Waals surface area contributed by atoms with Crippen molar-refractivity contribution in [2.24, 2.45) is 0 Å². The van der Waals surface area contributed by atoms with Crippen molar-refractivity contribution in [2.45, 2.75) is 18.9 Å². The second-order valence-electron chi connectivity index (χ2n) is 5.90. The Morgan fingerprint density at radius 3 is 2.58 bits per heavy atom. The average Bonchev–Trinajstić information content (AvgIpc) is 2.61. The molecule has 0 spiro atoms. The van der Waals surface area contributed by atoms with E-state index < -0.39 is 11.0 Å². The van der Waals surface area contributed by atoms with E-state index in [0.29, 0.717) is 30.8 Å². The molecule has 0 aromatic heterocycles. The fourth-order valence-electron chi connectivity index (χ4n) is 3.01. The number of piperidine rings is 1. The maximum absolute atomic E-state index is 12.5. The lowest BCUT2D eigenvalue weighted by atomic mass is 10.0. The summed E-state index contributed by atoms with van der Waals surface area (Å²) in [6.45, 7) is 1.02. The third kappa shape index (κ3) is 3.28. The second kappa shape index (κ2) is 6.80. The summed E-state index contributed by atoms with van der Waals surface area (Å²) in [5.74, 6) is -0.246. The topological polar surface area (TPSA) is 83.7 Å². The number of rotatable bonds is 4. The number of nitro groups is 1. The lowest BCUT2D eigenvalue weighted by Crippen LogP contribution is -2.38. The number of anilines is 1. The predicted octanol–water partition coefficient (Wildman–Crippen LogP) is 2.79. The van der Waals surface area contributed by atoms with Crippen molar-refractivity contribution in [2.75, 3.05) is 18.0 Å². The second-order valence-corrected chi connectivity index (χ2v) is 5.90. The van der Waals surface area contributed by atoms with Crippen molar-refractivity contribution >= 4 is 17.2 Å². The first-order valence-electron chi connectivity index (χ1n) is 7.87. The third-order valence-electron chi connectivity index (χ3n) is 4.21. The van der Waals surface area contributed by atoms with Crippen LogP contribution >= 0.6 is 0 Å². The molecule has 1 unspecified atom stereocenters. The van der Waals surface area contributed by atoms with Gasteiger partial charge in [0, 0.05) is 30.3 Å². The molecule has 6 heteroatoms. The summed E-state index contributed by atoms with van der Waals surface area (Å²) in [5, 5.41) is 21.3. The van der Waals surface area contributed by atoms with Gasteiger partial charge in [0.1, 0.15) is 5.69 Å². The van der Waals surface area contributed by atoms with Crippen LogP contribution in [0.25, 0.3) is 0 Å². The Balaban J connectivity index is 1.96. The van der Waals surface area contributed by atoms with Crippen LogP contribution in [-0.2, 0) is 0 Å². The minimum atomic E-state index is -0.482. The first-order chi connectivity index (χ1) is 11.6. The molecule has 1 heterocycles. The summed E-state index contributed by atoms with van der Waals surface area (Å²) in [6.07, 6.45) is 1.00. The predicted molar refractivity (Wildman–Crippen MR) is 90.4 cm³/mol. The molecular weight excluding hydrogens is 308 g/mol. The number of aliphatic hydroxyl groups is 1. The van der Waals surface area contributed by atoms with Gasteiger partial charge in [-0.15, -0.1) is 0 Å². The summed E-state index contributed by atoms with van der Waals surface area (Å²) in [4.78, 5) is 25.3. The van der Waals surface area contributed by atoms with Gasteiger partial charge in [-0.3, -0.25) is 14.9 Å². The highest BCUT2D eigenvalue weighted by Gasteiger charge is 2.26. The summed E-state index contributed by atoms with van der Waals surface area (Å²) in [6, 6.07) is 13.2. The lowest BCUT2D eigenvalue weighted by Gasteiger charge is -2.31. The molecule has 2 aromatic rings. The monoisotopic (exact) mass is 326 g/mol. The van der Waals surface area contributed by atoms with Crippen molar-refractivity contribution in [3.8, 4) is 0 Å². The zero-order chi connectivity index (χ0) is 17.1. The molecule has 2 aromatic carbocycles. The first kappa shape index (κ1) is 16.1. The van der Waals surface area contributed by atoms with E-state index in [2.05, 4.69) is 0 Å². The molecular formula is C18H18N2O4. The van der Waals surface area contributed by atoms with Crippen LogP contribution in [0.5, 0.6) is 0 Å². The van der Waals surface area contributed by atoms with Crippen LogP contribution < -0.4 is 4.90 Å². The smallest absolute Gasteiger partial charge is 0.293 e. The van der Waals surface area contributed by atoms with E-state index in [1.165, 1.54) is 6.07 Å². The summed E-state index contributed by atoms with van der Waals surface area (Å²) in [5.41, 5.74) is 1.12.